The highest BCUT2D eigenvalue weighted by Gasteiger charge is 2.25. The molecule has 2 aliphatic rings. The molecule has 0 bridgehead atoms. The van der Waals surface area contributed by atoms with Crippen molar-refractivity contribution in [1.82, 2.24) is 10.2 Å². The third-order valence-electron chi connectivity index (χ3n) is 4.46. The van der Waals surface area contributed by atoms with Crippen molar-refractivity contribution in [2.45, 2.75) is 32.6 Å². The summed E-state index contributed by atoms with van der Waals surface area (Å²) in [5.74, 6) is 2.48. The van der Waals surface area contributed by atoms with Gasteiger partial charge in [0.15, 0.2) is 5.96 Å². The molecule has 0 aromatic carbocycles. The molecule has 1 atom stereocenters. The number of ether oxygens (including phenoxy) is 3. The summed E-state index contributed by atoms with van der Waals surface area (Å²) in [6, 6.07) is 0. The van der Waals surface area contributed by atoms with Crippen LogP contribution in [-0.4, -0.2) is 77.2 Å². The maximum Gasteiger partial charge on any atom is 0.193 e. The van der Waals surface area contributed by atoms with Gasteiger partial charge in [-0.15, -0.1) is 24.0 Å². The Hall–Kier alpha value is -0.120. The normalized spacial score (nSPS) is 20.6. The van der Waals surface area contributed by atoms with E-state index in [1.807, 2.05) is 0 Å². The van der Waals surface area contributed by atoms with Crippen LogP contribution in [-0.2, 0) is 14.2 Å². The molecule has 0 aromatic heterocycles. The molecule has 1 N–H and O–H groups in total. The standard InChI is InChI=1S/C18H35N3O3.HI/c1-3-19-18(20-8-4-10-23-14-16-5-6-16)21-9-7-17(13-21)15-24-12-11-22-2;/h16-17H,3-15H2,1-2H3,(H,19,20);1H. The minimum atomic E-state index is 0. The molecular weight excluding hydrogens is 433 g/mol. The van der Waals surface area contributed by atoms with Gasteiger partial charge in [-0.2, -0.15) is 0 Å². The molecular formula is C18H36IN3O3. The molecule has 25 heavy (non-hydrogen) atoms. The lowest BCUT2D eigenvalue weighted by molar-refractivity contribution is 0.0536. The molecule has 1 heterocycles. The van der Waals surface area contributed by atoms with Crippen LogP contribution in [0.5, 0.6) is 0 Å². The van der Waals surface area contributed by atoms with Crippen molar-refractivity contribution in [1.29, 1.82) is 0 Å². The number of guanidine groups is 1. The van der Waals surface area contributed by atoms with Gasteiger partial charge in [-0.1, -0.05) is 0 Å². The largest absolute Gasteiger partial charge is 0.382 e. The summed E-state index contributed by atoms with van der Waals surface area (Å²) in [5.41, 5.74) is 0. The quantitative estimate of drug-likeness (QED) is 0.206. The summed E-state index contributed by atoms with van der Waals surface area (Å²) >= 11 is 0. The molecule has 1 saturated heterocycles. The van der Waals surface area contributed by atoms with Gasteiger partial charge < -0.3 is 24.4 Å². The third kappa shape index (κ3) is 9.96. The minimum Gasteiger partial charge on any atom is -0.382 e. The summed E-state index contributed by atoms with van der Waals surface area (Å²) < 4.78 is 16.4. The highest BCUT2D eigenvalue weighted by Crippen LogP contribution is 2.28. The predicted octanol–water partition coefficient (Wildman–Crippen LogP) is 2.37. The number of nitrogens with one attached hydrogen (secondary N) is 1. The van der Waals surface area contributed by atoms with E-state index in [4.69, 9.17) is 19.2 Å². The van der Waals surface area contributed by atoms with Crippen LogP contribution in [0.3, 0.4) is 0 Å². The third-order valence-corrected chi connectivity index (χ3v) is 4.46. The second-order valence-electron chi connectivity index (χ2n) is 6.78. The van der Waals surface area contributed by atoms with Gasteiger partial charge in [0.25, 0.3) is 0 Å². The summed E-state index contributed by atoms with van der Waals surface area (Å²) in [4.78, 5) is 7.12. The van der Waals surface area contributed by atoms with E-state index in [-0.39, 0.29) is 24.0 Å². The molecule has 2 fully saturated rings. The lowest BCUT2D eigenvalue weighted by Gasteiger charge is -2.21. The number of rotatable bonds is 12. The molecule has 0 amide bonds. The van der Waals surface area contributed by atoms with E-state index in [9.17, 15) is 0 Å². The van der Waals surface area contributed by atoms with Gasteiger partial charge in [-0.05, 0) is 38.5 Å². The number of aliphatic imine (C=N–C) groups is 1. The van der Waals surface area contributed by atoms with Crippen LogP contribution in [0.2, 0.25) is 0 Å². The zero-order chi connectivity index (χ0) is 17.0. The second kappa shape index (κ2) is 14.0. The Morgan fingerprint density at radius 1 is 1.08 bits per heavy atom. The summed E-state index contributed by atoms with van der Waals surface area (Å²) in [7, 11) is 1.71. The number of likely N-dealkylation sites (tertiary alicyclic amines) is 1. The van der Waals surface area contributed by atoms with Gasteiger partial charge in [-0.3, -0.25) is 4.99 Å². The summed E-state index contributed by atoms with van der Waals surface area (Å²) in [6.45, 7) is 9.88. The van der Waals surface area contributed by atoms with Crippen LogP contribution in [0.1, 0.15) is 32.6 Å². The van der Waals surface area contributed by atoms with Crippen molar-refractivity contribution in [3.63, 3.8) is 0 Å². The van der Waals surface area contributed by atoms with Gasteiger partial charge in [0, 0.05) is 52.4 Å². The van der Waals surface area contributed by atoms with E-state index in [1.54, 1.807) is 7.11 Å². The van der Waals surface area contributed by atoms with Crippen molar-refractivity contribution in [3.8, 4) is 0 Å². The minimum absolute atomic E-state index is 0. The predicted molar refractivity (Wildman–Crippen MR) is 112 cm³/mol. The van der Waals surface area contributed by atoms with Crippen molar-refractivity contribution < 1.29 is 14.2 Å². The first-order valence-corrected chi connectivity index (χ1v) is 9.51. The Morgan fingerprint density at radius 3 is 2.56 bits per heavy atom. The summed E-state index contributed by atoms with van der Waals surface area (Å²) in [5, 5.41) is 3.41. The maximum atomic E-state index is 5.68. The lowest BCUT2D eigenvalue weighted by Crippen LogP contribution is -2.40. The fourth-order valence-corrected chi connectivity index (χ4v) is 2.87. The monoisotopic (exact) mass is 469 g/mol. The van der Waals surface area contributed by atoms with E-state index in [0.29, 0.717) is 19.1 Å². The van der Waals surface area contributed by atoms with Crippen LogP contribution in [0.25, 0.3) is 0 Å². The SMILES string of the molecule is CCNC(=NCCCOCC1CC1)N1CCC(COCCOC)C1.I. The molecule has 1 aliphatic carbocycles. The molecule has 2 rings (SSSR count). The molecule has 0 spiro atoms. The Morgan fingerprint density at radius 2 is 1.84 bits per heavy atom. The van der Waals surface area contributed by atoms with Crippen LogP contribution in [0.15, 0.2) is 4.99 Å². The topological polar surface area (TPSA) is 55.3 Å². The Bertz CT molecular complexity index is 367. The average Bonchev–Trinajstić information content (AvgIpc) is 3.30. The number of hydrogen-bond acceptors (Lipinski definition) is 4. The molecule has 1 unspecified atom stereocenters. The average molecular weight is 469 g/mol. The van der Waals surface area contributed by atoms with E-state index in [0.717, 1.165) is 64.3 Å². The van der Waals surface area contributed by atoms with Gasteiger partial charge in [0.2, 0.25) is 0 Å². The Balaban J connectivity index is 0.00000312. The molecule has 1 saturated carbocycles. The zero-order valence-electron chi connectivity index (χ0n) is 15.9. The van der Waals surface area contributed by atoms with Crippen LogP contribution >= 0.6 is 24.0 Å². The Kier molecular flexibility index (Phi) is 12.8. The number of methoxy groups -OCH3 is 1. The first-order valence-electron chi connectivity index (χ1n) is 9.51. The number of halogens is 1. The maximum absolute atomic E-state index is 5.68. The van der Waals surface area contributed by atoms with Crippen molar-refractivity contribution in [2.75, 3.05) is 66.3 Å². The van der Waals surface area contributed by atoms with Crippen molar-refractivity contribution >= 4 is 29.9 Å². The molecule has 0 radical (unpaired) electrons. The molecule has 6 nitrogen and oxygen atoms in total. The van der Waals surface area contributed by atoms with E-state index >= 15 is 0 Å². The molecule has 148 valence electrons. The number of hydrogen-bond donors (Lipinski definition) is 1. The van der Waals surface area contributed by atoms with Crippen LogP contribution in [0, 0.1) is 11.8 Å². The van der Waals surface area contributed by atoms with Crippen LogP contribution in [0.4, 0.5) is 0 Å². The van der Waals surface area contributed by atoms with Gasteiger partial charge in [0.1, 0.15) is 0 Å². The molecule has 1 aliphatic heterocycles. The van der Waals surface area contributed by atoms with Gasteiger partial charge >= 0.3 is 0 Å². The second-order valence-corrected chi connectivity index (χ2v) is 6.78. The highest BCUT2D eigenvalue weighted by atomic mass is 127. The first-order chi connectivity index (χ1) is 11.8. The summed E-state index contributed by atoms with van der Waals surface area (Å²) in [6.07, 6.45) is 4.88. The van der Waals surface area contributed by atoms with Crippen LogP contribution < -0.4 is 5.32 Å². The lowest BCUT2D eigenvalue weighted by atomic mass is 10.1. The fourth-order valence-electron chi connectivity index (χ4n) is 2.87. The number of nitrogens with zero attached hydrogens (tertiary/aromatic N) is 2. The van der Waals surface area contributed by atoms with E-state index < -0.39 is 0 Å². The molecule has 0 aromatic rings. The molecule has 7 heteroatoms. The smallest absolute Gasteiger partial charge is 0.193 e. The van der Waals surface area contributed by atoms with Crippen molar-refractivity contribution in [2.24, 2.45) is 16.8 Å². The first kappa shape index (κ1) is 22.9. The van der Waals surface area contributed by atoms with E-state index in [1.165, 1.54) is 19.3 Å². The van der Waals surface area contributed by atoms with Gasteiger partial charge in [0.05, 0.1) is 19.8 Å². The highest BCUT2D eigenvalue weighted by molar-refractivity contribution is 14.0. The van der Waals surface area contributed by atoms with Crippen molar-refractivity contribution in [3.05, 3.63) is 0 Å². The van der Waals surface area contributed by atoms with E-state index in [2.05, 4.69) is 17.1 Å². The Labute approximate surface area is 170 Å². The fraction of sp³-hybridized carbons (Fsp3) is 0.944. The van der Waals surface area contributed by atoms with Gasteiger partial charge in [-0.25, -0.2) is 0 Å². The zero-order valence-corrected chi connectivity index (χ0v) is 18.2.